The molecule has 5 nitrogen and oxygen atoms in total. The first-order valence-corrected chi connectivity index (χ1v) is 5.77. The van der Waals surface area contributed by atoms with Crippen LogP contribution in [-0.4, -0.2) is 23.5 Å². The minimum absolute atomic E-state index is 0.279. The number of hydrogen-bond donors (Lipinski definition) is 1. The number of amides is 1. The van der Waals surface area contributed by atoms with Crippen LogP contribution in [0.3, 0.4) is 0 Å². The van der Waals surface area contributed by atoms with E-state index in [9.17, 15) is 9.59 Å². The maximum Gasteiger partial charge on any atom is 0.323 e. The summed E-state index contributed by atoms with van der Waals surface area (Å²) in [5.74, 6) is -1.57. The zero-order valence-corrected chi connectivity index (χ0v) is 10.5. The molecule has 98 valence electrons. The maximum atomic E-state index is 12.2. The third-order valence-corrected chi connectivity index (χ3v) is 2.66. The highest BCUT2D eigenvalue weighted by molar-refractivity contribution is 6.31. The fourth-order valence-corrected chi connectivity index (χ4v) is 1.79. The van der Waals surface area contributed by atoms with Gasteiger partial charge in [-0.3, -0.25) is 14.5 Å². The van der Waals surface area contributed by atoms with Gasteiger partial charge in [0.2, 0.25) is 0 Å². The molecule has 0 aliphatic rings. The van der Waals surface area contributed by atoms with Crippen molar-refractivity contribution in [1.29, 1.82) is 0 Å². The molecule has 0 aliphatic heterocycles. The first kappa shape index (κ1) is 13.2. The maximum absolute atomic E-state index is 12.2. The van der Waals surface area contributed by atoms with Gasteiger partial charge in [0, 0.05) is 10.7 Å². The van der Waals surface area contributed by atoms with E-state index < -0.39 is 18.4 Å². The molecule has 0 spiro atoms. The molecule has 1 aromatic carbocycles. The highest BCUT2D eigenvalue weighted by atomic mass is 35.5. The van der Waals surface area contributed by atoms with Crippen molar-refractivity contribution in [3.8, 4) is 0 Å². The first-order valence-electron chi connectivity index (χ1n) is 5.39. The molecule has 1 amide bonds. The third-order valence-electron chi connectivity index (χ3n) is 2.43. The van der Waals surface area contributed by atoms with E-state index in [1.54, 1.807) is 18.2 Å². The minimum Gasteiger partial charge on any atom is -0.480 e. The normalized spacial score (nSPS) is 10.2. The number of carboxylic acid groups (broad SMARTS) is 1. The smallest absolute Gasteiger partial charge is 0.323 e. The van der Waals surface area contributed by atoms with Gasteiger partial charge >= 0.3 is 5.97 Å². The van der Waals surface area contributed by atoms with Crippen LogP contribution in [0.5, 0.6) is 0 Å². The number of carboxylic acids is 1. The molecule has 0 saturated carbocycles. The van der Waals surface area contributed by atoms with Crippen LogP contribution < -0.4 is 4.90 Å². The second-order valence-electron chi connectivity index (χ2n) is 3.78. The number of benzene rings is 1. The molecular formula is C13H10ClNO4. The number of nitrogens with zero attached hydrogens (tertiary/aromatic N) is 1. The number of halogens is 1. The van der Waals surface area contributed by atoms with Gasteiger partial charge in [-0.1, -0.05) is 17.7 Å². The van der Waals surface area contributed by atoms with Gasteiger partial charge in [0.15, 0.2) is 0 Å². The second-order valence-corrected chi connectivity index (χ2v) is 4.21. The van der Waals surface area contributed by atoms with Crippen LogP contribution in [-0.2, 0) is 4.79 Å². The lowest BCUT2D eigenvalue weighted by atomic mass is 10.2. The fraction of sp³-hybridized carbons (Fsp3) is 0.0769. The van der Waals surface area contributed by atoms with Crippen molar-refractivity contribution < 1.29 is 19.1 Å². The Balaban J connectivity index is 2.36. The minimum atomic E-state index is -1.11. The average Bonchev–Trinajstić information content (AvgIpc) is 2.88. The Morgan fingerprint density at radius 3 is 2.68 bits per heavy atom. The highest BCUT2D eigenvalue weighted by Crippen LogP contribution is 2.21. The zero-order valence-electron chi connectivity index (χ0n) is 9.75. The summed E-state index contributed by atoms with van der Waals surface area (Å²) in [6.45, 7) is -0.454. The summed E-state index contributed by atoms with van der Waals surface area (Å²) in [7, 11) is 0. The van der Waals surface area contributed by atoms with Crippen molar-refractivity contribution in [1.82, 2.24) is 0 Å². The summed E-state index contributed by atoms with van der Waals surface area (Å²) < 4.78 is 4.83. The van der Waals surface area contributed by atoms with Crippen molar-refractivity contribution in [2.75, 3.05) is 11.4 Å². The van der Waals surface area contributed by atoms with Crippen LogP contribution in [0, 0.1) is 0 Å². The van der Waals surface area contributed by atoms with Crippen molar-refractivity contribution in [3.05, 3.63) is 53.4 Å². The Hall–Kier alpha value is -2.27. The van der Waals surface area contributed by atoms with Gasteiger partial charge in [-0.2, -0.15) is 0 Å². The lowest BCUT2D eigenvalue weighted by Crippen LogP contribution is -2.35. The fourth-order valence-electron chi connectivity index (χ4n) is 1.60. The van der Waals surface area contributed by atoms with Crippen molar-refractivity contribution >= 4 is 29.2 Å². The number of carbonyl (C=O) groups excluding carboxylic acids is 1. The number of carbonyl (C=O) groups is 2. The van der Waals surface area contributed by atoms with E-state index in [0.29, 0.717) is 10.7 Å². The summed E-state index contributed by atoms with van der Waals surface area (Å²) in [6.07, 6.45) is 2.62. The number of anilines is 1. The quantitative estimate of drug-likeness (QED) is 0.934. The molecule has 19 heavy (non-hydrogen) atoms. The number of hydrogen-bond acceptors (Lipinski definition) is 3. The standard InChI is InChI=1S/C13H10ClNO4/c14-10-2-1-3-11(6-10)15(7-12(16)17)13(18)9-4-5-19-8-9/h1-6,8H,7H2,(H,16,17). The summed E-state index contributed by atoms with van der Waals surface area (Å²) in [5, 5.41) is 9.33. The van der Waals surface area contributed by atoms with E-state index in [0.717, 1.165) is 4.90 Å². The molecule has 0 bridgehead atoms. The Bertz CT molecular complexity index is 594. The topological polar surface area (TPSA) is 70.8 Å². The van der Waals surface area contributed by atoms with Gasteiger partial charge in [0.25, 0.3) is 5.91 Å². The predicted octanol–water partition coefficient (Wildman–Crippen LogP) is 2.66. The van der Waals surface area contributed by atoms with Gasteiger partial charge in [0.05, 0.1) is 11.8 Å². The van der Waals surface area contributed by atoms with E-state index in [-0.39, 0.29) is 5.56 Å². The molecule has 0 saturated heterocycles. The van der Waals surface area contributed by atoms with Crippen molar-refractivity contribution in [2.45, 2.75) is 0 Å². The lowest BCUT2D eigenvalue weighted by Gasteiger charge is -2.20. The molecule has 1 N–H and O–H groups in total. The SMILES string of the molecule is O=C(O)CN(C(=O)c1ccoc1)c1cccc(Cl)c1. The third kappa shape index (κ3) is 3.14. The van der Waals surface area contributed by atoms with Gasteiger partial charge in [-0.15, -0.1) is 0 Å². The van der Waals surface area contributed by atoms with E-state index in [1.807, 2.05) is 0 Å². The predicted molar refractivity (Wildman–Crippen MR) is 69.5 cm³/mol. The van der Waals surface area contributed by atoms with Crippen LogP contribution in [0.1, 0.15) is 10.4 Å². The van der Waals surface area contributed by atoms with Crippen LogP contribution in [0.25, 0.3) is 0 Å². The Morgan fingerprint density at radius 2 is 2.11 bits per heavy atom. The first-order chi connectivity index (χ1) is 9.08. The molecule has 1 heterocycles. The Labute approximate surface area is 114 Å². The van der Waals surface area contributed by atoms with E-state index in [2.05, 4.69) is 0 Å². The number of aliphatic carboxylic acids is 1. The molecule has 2 rings (SSSR count). The molecule has 0 radical (unpaired) electrons. The zero-order chi connectivity index (χ0) is 13.8. The number of furan rings is 1. The van der Waals surface area contributed by atoms with E-state index in [4.69, 9.17) is 21.1 Å². The number of rotatable bonds is 4. The van der Waals surface area contributed by atoms with E-state index >= 15 is 0 Å². The van der Waals surface area contributed by atoms with Gasteiger partial charge in [-0.05, 0) is 24.3 Å². The molecular weight excluding hydrogens is 270 g/mol. The summed E-state index contributed by atoms with van der Waals surface area (Å²) >= 11 is 5.85. The molecule has 0 atom stereocenters. The second kappa shape index (κ2) is 5.58. The van der Waals surface area contributed by atoms with Gasteiger partial charge in [-0.25, -0.2) is 0 Å². The molecule has 0 unspecified atom stereocenters. The van der Waals surface area contributed by atoms with Crippen LogP contribution >= 0.6 is 11.6 Å². The lowest BCUT2D eigenvalue weighted by molar-refractivity contribution is -0.135. The molecule has 1 aromatic heterocycles. The summed E-state index contributed by atoms with van der Waals surface area (Å²) in [5.41, 5.74) is 0.697. The molecule has 2 aromatic rings. The monoisotopic (exact) mass is 279 g/mol. The molecule has 6 heteroatoms. The summed E-state index contributed by atoms with van der Waals surface area (Å²) in [6, 6.07) is 7.92. The molecule has 0 fully saturated rings. The Morgan fingerprint density at radius 1 is 1.32 bits per heavy atom. The molecule has 0 aliphatic carbocycles. The van der Waals surface area contributed by atoms with Gasteiger partial charge < -0.3 is 9.52 Å². The summed E-state index contributed by atoms with van der Waals surface area (Å²) in [4.78, 5) is 24.2. The largest absolute Gasteiger partial charge is 0.480 e. The van der Waals surface area contributed by atoms with Crippen molar-refractivity contribution in [3.63, 3.8) is 0 Å². The average molecular weight is 280 g/mol. The van der Waals surface area contributed by atoms with Crippen LogP contribution in [0.2, 0.25) is 5.02 Å². The van der Waals surface area contributed by atoms with Crippen LogP contribution in [0.15, 0.2) is 47.3 Å². The van der Waals surface area contributed by atoms with Crippen LogP contribution in [0.4, 0.5) is 5.69 Å². The Kier molecular flexibility index (Phi) is 3.87. The van der Waals surface area contributed by atoms with Gasteiger partial charge in [0.1, 0.15) is 12.8 Å². The highest BCUT2D eigenvalue weighted by Gasteiger charge is 2.21. The van der Waals surface area contributed by atoms with Crippen molar-refractivity contribution in [2.24, 2.45) is 0 Å². The van der Waals surface area contributed by atoms with E-state index in [1.165, 1.54) is 24.7 Å².